The van der Waals surface area contributed by atoms with E-state index in [0.717, 1.165) is 31.5 Å². The second kappa shape index (κ2) is 6.21. The van der Waals surface area contributed by atoms with Gasteiger partial charge >= 0.3 is 0 Å². The first-order valence-electron chi connectivity index (χ1n) is 6.84. The first-order valence-corrected chi connectivity index (χ1v) is 6.84. The molecule has 0 aliphatic heterocycles. The second-order valence-electron chi connectivity index (χ2n) is 5.49. The predicted molar refractivity (Wildman–Crippen MR) is 72.4 cm³/mol. The van der Waals surface area contributed by atoms with E-state index in [0.29, 0.717) is 5.75 Å². The highest BCUT2D eigenvalue weighted by Crippen LogP contribution is 2.35. The minimum atomic E-state index is 0.0784. The lowest BCUT2D eigenvalue weighted by molar-refractivity contribution is 0.0810. The van der Waals surface area contributed by atoms with Crippen molar-refractivity contribution >= 4 is 0 Å². The Bertz CT molecular complexity index is 373. The summed E-state index contributed by atoms with van der Waals surface area (Å²) in [7, 11) is 0. The number of hydrogen-bond acceptors (Lipinski definition) is 3. The molecule has 0 heterocycles. The fraction of sp³-hybridized carbons (Fsp3) is 0.600. The topological polar surface area (TPSA) is 52.5 Å². The Morgan fingerprint density at radius 3 is 2.61 bits per heavy atom. The number of hydrogen-bond donors (Lipinski definition) is 3. The molecule has 1 aromatic rings. The third-order valence-electron chi connectivity index (χ3n) is 3.99. The first-order chi connectivity index (χ1) is 8.74. The molecule has 2 rings (SSSR count). The highest BCUT2D eigenvalue weighted by molar-refractivity contribution is 5.26. The molecule has 18 heavy (non-hydrogen) atoms. The van der Waals surface area contributed by atoms with Gasteiger partial charge in [0.25, 0.3) is 0 Å². The van der Waals surface area contributed by atoms with Crippen molar-refractivity contribution < 1.29 is 10.2 Å². The first kappa shape index (κ1) is 13.4. The van der Waals surface area contributed by atoms with Gasteiger partial charge in [-0.2, -0.15) is 0 Å². The van der Waals surface area contributed by atoms with E-state index in [-0.39, 0.29) is 12.0 Å². The van der Waals surface area contributed by atoms with E-state index in [1.165, 1.54) is 19.3 Å². The maximum Gasteiger partial charge on any atom is 0.115 e. The van der Waals surface area contributed by atoms with Gasteiger partial charge in [0.05, 0.1) is 0 Å². The highest BCUT2D eigenvalue weighted by atomic mass is 16.3. The molecular formula is C15H23NO2. The molecule has 3 N–H and O–H groups in total. The number of rotatable bonds is 5. The SMILES string of the molecule is OCC1(CNCc2cccc(O)c2)CCCCC1. The van der Waals surface area contributed by atoms with Crippen molar-refractivity contribution in [2.24, 2.45) is 5.41 Å². The average molecular weight is 249 g/mol. The zero-order valence-electron chi connectivity index (χ0n) is 10.9. The minimum absolute atomic E-state index is 0.0784. The van der Waals surface area contributed by atoms with Crippen LogP contribution in [0.5, 0.6) is 5.75 Å². The smallest absolute Gasteiger partial charge is 0.115 e. The fourth-order valence-electron chi connectivity index (χ4n) is 2.83. The van der Waals surface area contributed by atoms with Crippen LogP contribution in [0.4, 0.5) is 0 Å². The van der Waals surface area contributed by atoms with Crippen molar-refractivity contribution in [1.82, 2.24) is 5.32 Å². The number of phenols is 1. The summed E-state index contributed by atoms with van der Waals surface area (Å²) in [5.74, 6) is 0.309. The normalized spacial score (nSPS) is 18.7. The Morgan fingerprint density at radius 1 is 1.17 bits per heavy atom. The minimum Gasteiger partial charge on any atom is -0.508 e. The zero-order chi connectivity index (χ0) is 12.8. The van der Waals surface area contributed by atoms with Gasteiger partial charge in [0, 0.05) is 25.1 Å². The van der Waals surface area contributed by atoms with E-state index < -0.39 is 0 Å². The van der Waals surface area contributed by atoms with Crippen LogP contribution in [0, 0.1) is 5.41 Å². The number of aromatic hydroxyl groups is 1. The highest BCUT2D eigenvalue weighted by Gasteiger charge is 2.30. The van der Waals surface area contributed by atoms with Gasteiger partial charge in [-0.15, -0.1) is 0 Å². The van der Waals surface area contributed by atoms with Crippen LogP contribution in [0.3, 0.4) is 0 Å². The number of nitrogens with one attached hydrogen (secondary N) is 1. The molecule has 0 spiro atoms. The van der Waals surface area contributed by atoms with Crippen molar-refractivity contribution in [2.45, 2.75) is 38.6 Å². The van der Waals surface area contributed by atoms with Gasteiger partial charge in [0.15, 0.2) is 0 Å². The molecule has 1 aliphatic rings. The Morgan fingerprint density at radius 2 is 1.94 bits per heavy atom. The standard InChI is InChI=1S/C15H23NO2/c17-12-15(7-2-1-3-8-15)11-16-10-13-5-4-6-14(18)9-13/h4-6,9,16-18H,1-3,7-8,10-12H2. The molecule has 0 aromatic heterocycles. The fourth-order valence-corrected chi connectivity index (χ4v) is 2.83. The molecular weight excluding hydrogens is 226 g/mol. The molecule has 0 amide bonds. The monoisotopic (exact) mass is 249 g/mol. The Kier molecular flexibility index (Phi) is 4.61. The van der Waals surface area contributed by atoms with Crippen LogP contribution in [0.2, 0.25) is 0 Å². The summed E-state index contributed by atoms with van der Waals surface area (Å²) in [5, 5.41) is 22.4. The molecule has 0 bridgehead atoms. The molecule has 1 aromatic carbocycles. The summed E-state index contributed by atoms with van der Waals surface area (Å²) in [6.45, 7) is 1.88. The molecule has 1 fully saturated rings. The molecule has 3 heteroatoms. The van der Waals surface area contributed by atoms with E-state index in [9.17, 15) is 10.2 Å². The molecule has 0 unspecified atom stereocenters. The van der Waals surface area contributed by atoms with Crippen LogP contribution in [0.15, 0.2) is 24.3 Å². The van der Waals surface area contributed by atoms with Crippen molar-refractivity contribution in [2.75, 3.05) is 13.2 Å². The summed E-state index contributed by atoms with van der Waals surface area (Å²) in [6, 6.07) is 7.31. The van der Waals surface area contributed by atoms with Crippen LogP contribution < -0.4 is 5.32 Å². The summed E-state index contributed by atoms with van der Waals surface area (Å²) >= 11 is 0. The van der Waals surface area contributed by atoms with Gasteiger partial charge in [0.1, 0.15) is 5.75 Å². The average Bonchev–Trinajstić information content (AvgIpc) is 2.40. The number of benzene rings is 1. The molecule has 100 valence electrons. The summed E-state index contributed by atoms with van der Waals surface area (Å²) in [6.07, 6.45) is 6.00. The maximum absolute atomic E-state index is 9.60. The van der Waals surface area contributed by atoms with Gasteiger partial charge < -0.3 is 15.5 Å². The largest absolute Gasteiger partial charge is 0.508 e. The van der Waals surface area contributed by atoms with Crippen molar-refractivity contribution in [3.8, 4) is 5.75 Å². The molecule has 0 radical (unpaired) electrons. The van der Waals surface area contributed by atoms with Gasteiger partial charge in [-0.3, -0.25) is 0 Å². The molecule has 3 nitrogen and oxygen atoms in total. The molecule has 1 saturated carbocycles. The van der Waals surface area contributed by atoms with E-state index in [1.54, 1.807) is 12.1 Å². The van der Waals surface area contributed by atoms with Crippen molar-refractivity contribution in [1.29, 1.82) is 0 Å². The summed E-state index contributed by atoms with van der Waals surface area (Å²) in [5.41, 5.74) is 1.16. The number of aliphatic hydroxyl groups excluding tert-OH is 1. The van der Waals surface area contributed by atoms with Crippen LogP contribution >= 0.6 is 0 Å². The van der Waals surface area contributed by atoms with E-state index in [2.05, 4.69) is 5.32 Å². The Balaban J connectivity index is 1.83. The lowest BCUT2D eigenvalue weighted by atomic mass is 9.74. The number of aliphatic hydroxyl groups is 1. The van der Waals surface area contributed by atoms with Crippen LogP contribution in [-0.4, -0.2) is 23.4 Å². The quantitative estimate of drug-likeness (QED) is 0.751. The van der Waals surface area contributed by atoms with Gasteiger partial charge in [-0.05, 0) is 30.5 Å². The predicted octanol–water partition coefficient (Wildman–Crippen LogP) is 2.42. The van der Waals surface area contributed by atoms with Gasteiger partial charge in [-0.1, -0.05) is 31.4 Å². The third-order valence-corrected chi connectivity index (χ3v) is 3.99. The zero-order valence-corrected chi connectivity index (χ0v) is 10.9. The van der Waals surface area contributed by atoms with Gasteiger partial charge in [-0.25, -0.2) is 0 Å². The lowest BCUT2D eigenvalue weighted by Crippen LogP contribution is -2.38. The van der Waals surface area contributed by atoms with Crippen LogP contribution in [0.25, 0.3) is 0 Å². The Labute approximate surface area is 109 Å². The van der Waals surface area contributed by atoms with E-state index >= 15 is 0 Å². The lowest BCUT2D eigenvalue weighted by Gasteiger charge is -2.35. The number of phenolic OH excluding ortho intramolecular Hbond substituents is 1. The third kappa shape index (κ3) is 3.47. The molecule has 0 atom stereocenters. The van der Waals surface area contributed by atoms with Crippen molar-refractivity contribution in [3.05, 3.63) is 29.8 Å². The van der Waals surface area contributed by atoms with Crippen molar-refractivity contribution in [3.63, 3.8) is 0 Å². The maximum atomic E-state index is 9.60. The second-order valence-corrected chi connectivity index (χ2v) is 5.49. The Hall–Kier alpha value is -1.06. The van der Waals surface area contributed by atoms with E-state index in [1.807, 2.05) is 12.1 Å². The summed E-state index contributed by atoms with van der Waals surface area (Å²) < 4.78 is 0. The summed E-state index contributed by atoms with van der Waals surface area (Å²) in [4.78, 5) is 0. The van der Waals surface area contributed by atoms with Gasteiger partial charge in [0.2, 0.25) is 0 Å². The van der Waals surface area contributed by atoms with Crippen LogP contribution in [-0.2, 0) is 6.54 Å². The van der Waals surface area contributed by atoms with Crippen LogP contribution in [0.1, 0.15) is 37.7 Å². The molecule has 0 saturated heterocycles. The molecule has 1 aliphatic carbocycles. The van der Waals surface area contributed by atoms with E-state index in [4.69, 9.17) is 0 Å².